The zero-order valence-electron chi connectivity index (χ0n) is 16.3. The third-order valence-corrected chi connectivity index (χ3v) is 4.89. The van der Waals surface area contributed by atoms with Crippen LogP contribution in [0.4, 0.5) is 5.95 Å². The van der Waals surface area contributed by atoms with Crippen LogP contribution >= 0.6 is 0 Å². The Morgan fingerprint density at radius 3 is 2.81 bits per heavy atom. The van der Waals surface area contributed by atoms with Gasteiger partial charge in [-0.25, -0.2) is 0 Å². The van der Waals surface area contributed by atoms with Gasteiger partial charge in [0, 0.05) is 12.1 Å². The highest BCUT2D eigenvalue weighted by molar-refractivity contribution is 5.93. The van der Waals surface area contributed by atoms with Gasteiger partial charge in [-0.3, -0.25) is 20.1 Å². The molecule has 0 aliphatic carbocycles. The molecule has 1 aromatic heterocycles. The van der Waals surface area contributed by atoms with E-state index in [2.05, 4.69) is 39.2 Å². The predicted octanol–water partition coefficient (Wildman–Crippen LogP) is 2.69. The molecule has 0 saturated carbocycles. The summed E-state index contributed by atoms with van der Waals surface area (Å²) in [6.07, 6.45) is 3.04. The lowest BCUT2D eigenvalue weighted by Crippen LogP contribution is -2.50. The first-order valence-electron chi connectivity index (χ1n) is 9.25. The maximum atomic E-state index is 12.7. The minimum atomic E-state index is -0.142. The highest BCUT2D eigenvalue weighted by Crippen LogP contribution is 2.31. The van der Waals surface area contributed by atoms with Crippen LogP contribution in [-0.2, 0) is 4.79 Å². The van der Waals surface area contributed by atoms with Crippen LogP contribution in [0, 0.1) is 0 Å². The molecular formula is C19H27N5O3. The number of nitrogens with zero attached hydrogens (tertiary/aromatic N) is 3. The van der Waals surface area contributed by atoms with E-state index in [1.165, 1.54) is 0 Å². The van der Waals surface area contributed by atoms with Crippen molar-refractivity contribution in [2.75, 3.05) is 26.1 Å². The van der Waals surface area contributed by atoms with Crippen molar-refractivity contribution in [2.24, 2.45) is 0 Å². The van der Waals surface area contributed by atoms with Gasteiger partial charge < -0.3 is 9.47 Å². The summed E-state index contributed by atoms with van der Waals surface area (Å²) in [5, 5.41) is 9.86. The van der Waals surface area contributed by atoms with E-state index in [4.69, 9.17) is 9.47 Å². The molecule has 146 valence electrons. The third kappa shape index (κ3) is 4.21. The number of H-pyrrole nitrogens is 1. The number of hydrogen-bond acceptors (Lipinski definition) is 6. The Balaban J connectivity index is 1.75. The molecule has 3 rings (SSSR count). The summed E-state index contributed by atoms with van der Waals surface area (Å²) < 4.78 is 10.6. The molecule has 2 N–H and O–H groups in total. The lowest BCUT2D eigenvalue weighted by molar-refractivity contribution is -0.123. The summed E-state index contributed by atoms with van der Waals surface area (Å²) >= 11 is 0. The number of benzene rings is 1. The number of nitrogens with one attached hydrogen (secondary N) is 2. The second-order valence-electron chi connectivity index (χ2n) is 6.91. The Hall–Kier alpha value is -2.61. The van der Waals surface area contributed by atoms with Gasteiger partial charge in [0.2, 0.25) is 11.9 Å². The molecule has 8 heteroatoms. The summed E-state index contributed by atoms with van der Waals surface area (Å²) in [4.78, 5) is 19.4. The first-order valence-corrected chi connectivity index (χ1v) is 9.25. The van der Waals surface area contributed by atoms with Gasteiger partial charge in [0.05, 0.1) is 25.8 Å². The zero-order chi connectivity index (χ0) is 19.4. The number of aromatic nitrogens is 3. The van der Waals surface area contributed by atoms with Gasteiger partial charge >= 0.3 is 0 Å². The molecule has 1 saturated heterocycles. The second-order valence-corrected chi connectivity index (χ2v) is 6.91. The Labute approximate surface area is 159 Å². The van der Waals surface area contributed by atoms with E-state index in [0.29, 0.717) is 23.4 Å². The number of ether oxygens (including phenoxy) is 2. The number of likely N-dealkylation sites (tertiary alicyclic amines) is 1. The van der Waals surface area contributed by atoms with Crippen LogP contribution in [0.15, 0.2) is 18.2 Å². The number of aromatic amines is 1. The van der Waals surface area contributed by atoms with Crippen LogP contribution in [0.25, 0.3) is 11.4 Å². The van der Waals surface area contributed by atoms with E-state index in [1.807, 2.05) is 12.1 Å². The Morgan fingerprint density at radius 1 is 1.30 bits per heavy atom. The van der Waals surface area contributed by atoms with Crippen LogP contribution in [0.5, 0.6) is 11.5 Å². The number of carbonyl (C=O) groups is 1. The topological polar surface area (TPSA) is 92.4 Å². The van der Waals surface area contributed by atoms with Gasteiger partial charge in [0.15, 0.2) is 5.82 Å². The molecular weight excluding hydrogens is 346 g/mol. The van der Waals surface area contributed by atoms with Crippen molar-refractivity contribution in [2.45, 2.75) is 45.2 Å². The molecule has 27 heavy (non-hydrogen) atoms. The summed E-state index contributed by atoms with van der Waals surface area (Å²) in [7, 11) is 3.18. The smallest absolute Gasteiger partial charge is 0.249 e. The summed E-state index contributed by atoms with van der Waals surface area (Å²) in [6, 6.07) is 5.62. The van der Waals surface area contributed by atoms with E-state index < -0.39 is 0 Å². The fraction of sp³-hybridized carbons (Fsp3) is 0.526. The Morgan fingerprint density at radius 2 is 2.11 bits per heavy atom. The molecule has 1 amide bonds. The standard InChI is InChI=1S/C19H27N5O3/c1-12(2)24-10-6-5-7-15(24)18(25)21-19-20-17(22-23-19)14-9-8-13(26-3)11-16(14)27-4/h8-9,11-12,15H,5-7,10H2,1-4H3,(H2,20,21,22,23,25). The van der Waals surface area contributed by atoms with Gasteiger partial charge in [0.1, 0.15) is 11.5 Å². The van der Waals surface area contributed by atoms with Crippen molar-refractivity contribution in [3.8, 4) is 22.9 Å². The fourth-order valence-corrected chi connectivity index (χ4v) is 3.48. The van der Waals surface area contributed by atoms with Crippen molar-refractivity contribution < 1.29 is 14.3 Å². The van der Waals surface area contributed by atoms with E-state index in [-0.39, 0.29) is 17.9 Å². The van der Waals surface area contributed by atoms with Crippen molar-refractivity contribution in [1.82, 2.24) is 20.1 Å². The van der Waals surface area contributed by atoms with Crippen molar-refractivity contribution in [1.29, 1.82) is 0 Å². The summed E-state index contributed by atoms with van der Waals surface area (Å²) in [5.41, 5.74) is 0.743. The summed E-state index contributed by atoms with van der Waals surface area (Å²) in [6.45, 7) is 5.18. The van der Waals surface area contributed by atoms with Crippen LogP contribution < -0.4 is 14.8 Å². The van der Waals surface area contributed by atoms with E-state index in [1.54, 1.807) is 20.3 Å². The first kappa shape index (κ1) is 19.2. The molecule has 1 aromatic carbocycles. The zero-order valence-corrected chi connectivity index (χ0v) is 16.3. The highest BCUT2D eigenvalue weighted by atomic mass is 16.5. The summed E-state index contributed by atoms with van der Waals surface area (Å²) in [5.74, 6) is 2.03. The molecule has 2 aromatic rings. The molecule has 1 aliphatic heterocycles. The third-order valence-electron chi connectivity index (χ3n) is 4.89. The number of anilines is 1. The molecule has 0 bridgehead atoms. The van der Waals surface area contributed by atoms with E-state index in [0.717, 1.165) is 31.4 Å². The maximum absolute atomic E-state index is 12.7. The number of carbonyl (C=O) groups excluding carboxylic acids is 1. The van der Waals surface area contributed by atoms with Crippen LogP contribution in [0.2, 0.25) is 0 Å². The lowest BCUT2D eigenvalue weighted by Gasteiger charge is -2.37. The van der Waals surface area contributed by atoms with Gasteiger partial charge in [-0.2, -0.15) is 4.98 Å². The Kier molecular flexibility index (Phi) is 5.95. The van der Waals surface area contributed by atoms with E-state index in [9.17, 15) is 4.79 Å². The van der Waals surface area contributed by atoms with Gasteiger partial charge in [-0.05, 0) is 45.4 Å². The van der Waals surface area contributed by atoms with Gasteiger partial charge in [-0.15, -0.1) is 5.10 Å². The maximum Gasteiger partial charge on any atom is 0.249 e. The van der Waals surface area contributed by atoms with Crippen LogP contribution in [0.1, 0.15) is 33.1 Å². The number of methoxy groups -OCH3 is 2. The molecule has 1 atom stereocenters. The van der Waals surface area contributed by atoms with Crippen molar-refractivity contribution in [3.05, 3.63) is 18.2 Å². The molecule has 0 radical (unpaired) electrons. The van der Waals surface area contributed by atoms with Crippen LogP contribution in [-0.4, -0.2) is 58.8 Å². The molecule has 1 aliphatic rings. The lowest BCUT2D eigenvalue weighted by atomic mass is 10.00. The molecule has 8 nitrogen and oxygen atoms in total. The normalized spacial score (nSPS) is 17.7. The average molecular weight is 373 g/mol. The second kappa shape index (κ2) is 8.39. The molecule has 1 fully saturated rings. The average Bonchev–Trinajstić information content (AvgIpc) is 3.15. The van der Waals surface area contributed by atoms with Gasteiger partial charge in [0.25, 0.3) is 0 Å². The largest absolute Gasteiger partial charge is 0.497 e. The number of rotatable bonds is 6. The number of hydrogen-bond donors (Lipinski definition) is 2. The number of amides is 1. The fourth-order valence-electron chi connectivity index (χ4n) is 3.48. The monoisotopic (exact) mass is 373 g/mol. The van der Waals surface area contributed by atoms with Crippen molar-refractivity contribution >= 4 is 11.9 Å². The number of piperidine rings is 1. The predicted molar refractivity (Wildman–Crippen MR) is 103 cm³/mol. The van der Waals surface area contributed by atoms with Crippen LogP contribution in [0.3, 0.4) is 0 Å². The SMILES string of the molecule is COc1ccc(-c2nc(NC(=O)C3CCCCN3C(C)C)n[nH]2)c(OC)c1. The molecule has 1 unspecified atom stereocenters. The van der Waals surface area contributed by atoms with Gasteiger partial charge in [-0.1, -0.05) is 6.42 Å². The minimum Gasteiger partial charge on any atom is -0.497 e. The quantitative estimate of drug-likeness (QED) is 0.809. The molecule has 2 heterocycles. The Bertz CT molecular complexity index is 789. The minimum absolute atomic E-state index is 0.0596. The molecule has 0 spiro atoms. The van der Waals surface area contributed by atoms with E-state index >= 15 is 0 Å². The highest BCUT2D eigenvalue weighted by Gasteiger charge is 2.30. The first-order chi connectivity index (χ1) is 13.0. The van der Waals surface area contributed by atoms with Crippen molar-refractivity contribution in [3.63, 3.8) is 0 Å².